The van der Waals surface area contributed by atoms with E-state index in [4.69, 9.17) is 14.9 Å². The van der Waals surface area contributed by atoms with E-state index in [1.54, 1.807) is 0 Å². The highest BCUT2D eigenvalue weighted by Crippen LogP contribution is 2.38. The average Bonchev–Trinajstić information content (AvgIpc) is 3.14. The van der Waals surface area contributed by atoms with Gasteiger partial charge in [0.1, 0.15) is 11.9 Å². The van der Waals surface area contributed by atoms with Gasteiger partial charge in [0.05, 0.1) is 18.8 Å². The molecule has 0 bridgehead atoms. The number of aromatic nitrogens is 1. The van der Waals surface area contributed by atoms with Crippen LogP contribution in [0.3, 0.4) is 0 Å². The standard InChI is InChI=1S/C26H37N3O2Si/c1-18-8-7-9-22-19(15-28-25(18)22)12-13-29-16-21(17-30-32(5,6)26(2,3)4)31-24-14-20(27)10-11-23(24)29/h7-11,14-15,21,28H,12-13,16-17,27H2,1-6H3. The maximum Gasteiger partial charge on any atom is 0.192 e. The number of ether oxygens (including phenoxy) is 1. The Labute approximate surface area is 193 Å². The highest BCUT2D eigenvalue weighted by molar-refractivity contribution is 6.74. The molecule has 0 spiro atoms. The molecule has 32 heavy (non-hydrogen) atoms. The van der Waals surface area contributed by atoms with Crippen LogP contribution in [-0.2, 0) is 10.8 Å². The van der Waals surface area contributed by atoms with Crippen molar-refractivity contribution in [3.05, 3.63) is 53.7 Å². The van der Waals surface area contributed by atoms with E-state index in [0.29, 0.717) is 6.61 Å². The molecular weight excluding hydrogens is 414 g/mol. The first-order valence-corrected chi connectivity index (χ1v) is 14.5. The Morgan fingerprint density at radius 1 is 1.22 bits per heavy atom. The predicted octanol–water partition coefficient (Wildman–Crippen LogP) is 5.89. The van der Waals surface area contributed by atoms with Crippen LogP contribution >= 0.6 is 0 Å². The lowest BCUT2D eigenvalue weighted by molar-refractivity contribution is 0.117. The van der Waals surface area contributed by atoms with Gasteiger partial charge in [0.2, 0.25) is 0 Å². The molecule has 3 N–H and O–H groups in total. The predicted molar refractivity (Wildman–Crippen MR) is 137 cm³/mol. The fourth-order valence-electron chi connectivity index (χ4n) is 4.09. The van der Waals surface area contributed by atoms with Crippen molar-refractivity contribution in [3.63, 3.8) is 0 Å². The van der Waals surface area contributed by atoms with Crippen LogP contribution < -0.4 is 15.4 Å². The Morgan fingerprint density at radius 3 is 2.75 bits per heavy atom. The molecule has 2 heterocycles. The van der Waals surface area contributed by atoms with Crippen molar-refractivity contribution in [1.29, 1.82) is 0 Å². The number of nitrogen functional groups attached to an aromatic ring is 1. The first-order chi connectivity index (χ1) is 15.0. The lowest BCUT2D eigenvalue weighted by atomic mass is 10.1. The molecule has 0 saturated carbocycles. The summed E-state index contributed by atoms with van der Waals surface area (Å²) in [5.74, 6) is 0.856. The topological polar surface area (TPSA) is 63.5 Å². The minimum absolute atomic E-state index is 0.0105. The molecule has 1 aliphatic rings. The maximum absolute atomic E-state index is 6.50. The van der Waals surface area contributed by atoms with Crippen molar-refractivity contribution in [1.82, 2.24) is 4.98 Å². The fraction of sp³-hybridized carbons (Fsp3) is 0.462. The SMILES string of the molecule is Cc1cccc2c(CCN3CC(CO[Si](C)(C)C(C)(C)C)Oc4cc(N)ccc43)c[nH]c12. The van der Waals surface area contributed by atoms with Crippen LogP contribution in [0.5, 0.6) is 5.75 Å². The van der Waals surface area contributed by atoms with E-state index in [1.165, 1.54) is 22.0 Å². The summed E-state index contributed by atoms with van der Waals surface area (Å²) in [6, 6.07) is 12.5. The second kappa shape index (κ2) is 8.48. The summed E-state index contributed by atoms with van der Waals surface area (Å²) >= 11 is 0. The Balaban J connectivity index is 1.52. The molecule has 4 rings (SSSR count). The van der Waals surface area contributed by atoms with Gasteiger partial charge in [-0.1, -0.05) is 39.0 Å². The number of para-hydroxylation sites is 1. The molecular formula is C26H37N3O2Si. The van der Waals surface area contributed by atoms with E-state index in [9.17, 15) is 0 Å². The molecule has 1 atom stereocenters. The average molecular weight is 452 g/mol. The van der Waals surface area contributed by atoms with Gasteiger partial charge in [-0.2, -0.15) is 0 Å². The number of nitrogens with one attached hydrogen (secondary N) is 1. The van der Waals surface area contributed by atoms with Crippen LogP contribution in [0.25, 0.3) is 10.9 Å². The van der Waals surface area contributed by atoms with Gasteiger partial charge in [-0.25, -0.2) is 0 Å². The number of rotatable bonds is 6. The monoisotopic (exact) mass is 451 g/mol. The van der Waals surface area contributed by atoms with Crippen molar-refractivity contribution in [2.45, 2.75) is 58.4 Å². The Kier molecular flexibility index (Phi) is 6.03. The van der Waals surface area contributed by atoms with Crippen molar-refractivity contribution in [2.75, 3.05) is 30.3 Å². The van der Waals surface area contributed by atoms with Crippen LogP contribution in [0.1, 0.15) is 31.9 Å². The zero-order chi connectivity index (χ0) is 23.1. The highest BCUT2D eigenvalue weighted by atomic mass is 28.4. The number of nitrogens with two attached hydrogens (primary N) is 1. The molecule has 5 nitrogen and oxygen atoms in total. The van der Waals surface area contributed by atoms with Crippen LogP contribution in [0, 0.1) is 6.92 Å². The van der Waals surface area contributed by atoms with Crippen molar-refractivity contribution in [2.24, 2.45) is 0 Å². The van der Waals surface area contributed by atoms with Gasteiger partial charge in [0, 0.05) is 35.4 Å². The molecule has 0 saturated heterocycles. The first kappa shape index (κ1) is 22.7. The van der Waals surface area contributed by atoms with Gasteiger partial charge in [-0.3, -0.25) is 0 Å². The number of H-pyrrole nitrogens is 1. The summed E-state index contributed by atoms with van der Waals surface area (Å²) in [5.41, 5.74) is 11.8. The molecule has 3 aromatic rings. The van der Waals surface area contributed by atoms with Crippen LogP contribution in [0.2, 0.25) is 18.1 Å². The Bertz CT molecular complexity index is 1100. The van der Waals surface area contributed by atoms with Gasteiger partial charge >= 0.3 is 0 Å². The van der Waals surface area contributed by atoms with Crippen LogP contribution in [0.4, 0.5) is 11.4 Å². The van der Waals surface area contributed by atoms with Crippen LogP contribution in [0.15, 0.2) is 42.6 Å². The Morgan fingerprint density at radius 2 is 2.00 bits per heavy atom. The molecule has 2 aromatic carbocycles. The first-order valence-electron chi connectivity index (χ1n) is 11.6. The van der Waals surface area contributed by atoms with Gasteiger partial charge in [-0.15, -0.1) is 0 Å². The van der Waals surface area contributed by atoms with E-state index >= 15 is 0 Å². The molecule has 0 radical (unpaired) electrons. The van der Waals surface area contributed by atoms with Crippen molar-refractivity contribution >= 4 is 30.6 Å². The number of aryl methyl sites for hydroxylation is 1. The summed E-state index contributed by atoms with van der Waals surface area (Å²) < 4.78 is 12.8. The molecule has 0 aliphatic carbocycles. The van der Waals surface area contributed by atoms with E-state index in [1.807, 2.05) is 12.1 Å². The van der Waals surface area contributed by atoms with Gasteiger partial charge in [0.25, 0.3) is 0 Å². The Hall–Kier alpha value is -2.44. The summed E-state index contributed by atoms with van der Waals surface area (Å²) in [6.07, 6.45) is 3.10. The molecule has 0 amide bonds. The maximum atomic E-state index is 6.50. The molecule has 1 unspecified atom stereocenters. The van der Waals surface area contributed by atoms with E-state index < -0.39 is 8.32 Å². The number of aromatic amines is 1. The molecule has 1 aromatic heterocycles. The number of fused-ring (bicyclic) bond motifs is 2. The number of anilines is 2. The molecule has 6 heteroatoms. The summed E-state index contributed by atoms with van der Waals surface area (Å²) in [6.45, 7) is 15.9. The zero-order valence-corrected chi connectivity index (χ0v) is 21.3. The summed E-state index contributed by atoms with van der Waals surface area (Å²) in [4.78, 5) is 5.88. The largest absolute Gasteiger partial charge is 0.484 e. The summed E-state index contributed by atoms with van der Waals surface area (Å²) in [5, 5.41) is 1.49. The molecule has 1 aliphatic heterocycles. The summed E-state index contributed by atoms with van der Waals surface area (Å²) in [7, 11) is -1.84. The number of nitrogens with zero attached hydrogens (tertiary/aromatic N) is 1. The zero-order valence-electron chi connectivity index (χ0n) is 20.3. The molecule has 0 fully saturated rings. The lowest BCUT2D eigenvalue weighted by Gasteiger charge is -2.40. The van der Waals surface area contributed by atoms with E-state index in [2.05, 4.69) is 81.1 Å². The second-order valence-electron chi connectivity index (χ2n) is 10.5. The van der Waals surface area contributed by atoms with Gasteiger partial charge in [0.15, 0.2) is 8.32 Å². The normalized spacial score (nSPS) is 16.8. The third kappa shape index (κ3) is 4.52. The van der Waals surface area contributed by atoms with Gasteiger partial charge < -0.3 is 24.8 Å². The molecule has 172 valence electrons. The second-order valence-corrected chi connectivity index (χ2v) is 15.4. The number of hydrogen-bond donors (Lipinski definition) is 2. The third-order valence-electron chi connectivity index (χ3n) is 7.14. The minimum atomic E-state index is -1.84. The lowest BCUT2D eigenvalue weighted by Crippen LogP contribution is -2.48. The number of hydrogen-bond acceptors (Lipinski definition) is 4. The number of benzene rings is 2. The minimum Gasteiger partial charge on any atom is -0.484 e. The fourth-order valence-corrected chi connectivity index (χ4v) is 5.13. The van der Waals surface area contributed by atoms with E-state index in [0.717, 1.165) is 36.6 Å². The van der Waals surface area contributed by atoms with Crippen LogP contribution in [-0.4, -0.2) is 39.1 Å². The quantitative estimate of drug-likeness (QED) is 0.362. The highest BCUT2D eigenvalue weighted by Gasteiger charge is 2.38. The van der Waals surface area contributed by atoms with Crippen molar-refractivity contribution < 1.29 is 9.16 Å². The van der Waals surface area contributed by atoms with E-state index in [-0.39, 0.29) is 11.1 Å². The third-order valence-corrected chi connectivity index (χ3v) is 11.6. The smallest absolute Gasteiger partial charge is 0.192 e. The van der Waals surface area contributed by atoms with Crippen molar-refractivity contribution in [3.8, 4) is 5.75 Å². The van der Waals surface area contributed by atoms with Gasteiger partial charge in [-0.05, 0) is 54.7 Å².